The normalized spacial score (nSPS) is 10.4. The lowest BCUT2D eigenvalue weighted by atomic mass is 10.1. The van der Waals surface area contributed by atoms with Crippen LogP contribution in [0, 0.1) is 6.92 Å². The van der Waals surface area contributed by atoms with Gasteiger partial charge in [0.15, 0.2) is 0 Å². The van der Waals surface area contributed by atoms with Crippen molar-refractivity contribution in [3.05, 3.63) is 60.2 Å². The summed E-state index contributed by atoms with van der Waals surface area (Å²) >= 11 is 0. The number of hydrogen-bond acceptors (Lipinski definition) is 5. The summed E-state index contributed by atoms with van der Waals surface area (Å²) in [6.45, 7) is 2.81. The van der Waals surface area contributed by atoms with Gasteiger partial charge in [-0.2, -0.15) is 0 Å². The van der Waals surface area contributed by atoms with Crippen LogP contribution in [-0.4, -0.2) is 15.2 Å². The van der Waals surface area contributed by atoms with Gasteiger partial charge in [-0.05, 0) is 42.3 Å². The predicted octanol–water partition coefficient (Wildman–Crippen LogP) is 3.05. The molecule has 0 aliphatic rings. The Hall–Kier alpha value is -2.69. The maximum Gasteiger partial charge on any atom is 0.247 e. The summed E-state index contributed by atoms with van der Waals surface area (Å²) in [6.07, 6.45) is 4.91. The van der Waals surface area contributed by atoms with Crippen LogP contribution in [0.1, 0.15) is 11.1 Å². The van der Waals surface area contributed by atoms with Gasteiger partial charge in [0.05, 0.1) is 0 Å². The molecular weight excluding hydrogens is 252 g/mol. The molecule has 2 aromatic heterocycles. The minimum absolute atomic E-state index is 0.525. The first-order chi connectivity index (χ1) is 9.83. The molecule has 0 atom stereocenters. The Labute approximate surface area is 116 Å². The molecule has 0 saturated carbocycles. The molecule has 3 aromatic rings. The minimum Gasteiger partial charge on any atom is -0.423 e. The van der Waals surface area contributed by atoms with Crippen LogP contribution in [0.2, 0.25) is 0 Å². The van der Waals surface area contributed by atoms with E-state index in [1.54, 1.807) is 12.4 Å². The maximum atomic E-state index is 5.22. The van der Waals surface area contributed by atoms with Crippen molar-refractivity contribution < 1.29 is 4.42 Å². The summed E-state index contributed by atoms with van der Waals surface area (Å²) < 4.78 is 5.22. The first-order valence-electron chi connectivity index (χ1n) is 6.33. The van der Waals surface area contributed by atoms with Gasteiger partial charge in [0.25, 0.3) is 0 Å². The Morgan fingerprint density at radius 3 is 2.75 bits per heavy atom. The van der Waals surface area contributed by atoms with Crippen LogP contribution in [0.25, 0.3) is 11.5 Å². The molecule has 0 radical (unpaired) electrons. The van der Waals surface area contributed by atoms with E-state index >= 15 is 0 Å². The predicted molar refractivity (Wildman–Crippen MR) is 76.0 cm³/mol. The average Bonchev–Trinajstić information content (AvgIpc) is 3.02. The summed E-state index contributed by atoms with van der Waals surface area (Å²) in [6, 6.07) is 10.0. The van der Waals surface area contributed by atoms with Crippen molar-refractivity contribution in [3.63, 3.8) is 0 Å². The quantitative estimate of drug-likeness (QED) is 0.786. The number of rotatable bonds is 4. The van der Waals surface area contributed by atoms with Crippen LogP contribution >= 0.6 is 0 Å². The van der Waals surface area contributed by atoms with E-state index in [-0.39, 0.29) is 0 Å². The van der Waals surface area contributed by atoms with Gasteiger partial charge in [0.2, 0.25) is 12.3 Å². The number of benzene rings is 1. The fourth-order valence-electron chi connectivity index (χ4n) is 1.94. The molecule has 0 aliphatic carbocycles. The van der Waals surface area contributed by atoms with Crippen LogP contribution in [0.5, 0.6) is 0 Å². The summed E-state index contributed by atoms with van der Waals surface area (Å²) in [5.41, 5.74) is 4.31. The second kappa shape index (κ2) is 5.52. The van der Waals surface area contributed by atoms with Gasteiger partial charge in [-0.3, -0.25) is 4.98 Å². The van der Waals surface area contributed by atoms with Crippen molar-refractivity contribution in [2.75, 3.05) is 5.32 Å². The van der Waals surface area contributed by atoms with Crippen molar-refractivity contribution in [2.45, 2.75) is 13.5 Å². The van der Waals surface area contributed by atoms with E-state index in [9.17, 15) is 0 Å². The molecule has 1 N–H and O–H groups in total. The van der Waals surface area contributed by atoms with E-state index in [1.807, 2.05) is 30.3 Å². The number of aromatic nitrogens is 3. The third-order valence-corrected chi connectivity index (χ3v) is 3.08. The molecule has 0 saturated heterocycles. The molecule has 1 aromatic carbocycles. The van der Waals surface area contributed by atoms with E-state index in [2.05, 4.69) is 27.4 Å². The van der Waals surface area contributed by atoms with E-state index in [4.69, 9.17) is 4.42 Å². The molecule has 0 bridgehead atoms. The SMILES string of the molecule is Cc1ccc(-c2nnco2)cc1NCc1ccncc1. The Morgan fingerprint density at radius 2 is 2.00 bits per heavy atom. The number of pyridine rings is 1. The molecule has 2 heterocycles. The van der Waals surface area contributed by atoms with Crippen molar-refractivity contribution in [1.82, 2.24) is 15.2 Å². The molecule has 0 fully saturated rings. The molecule has 0 amide bonds. The zero-order valence-corrected chi connectivity index (χ0v) is 11.1. The molecule has 100 valence electrons. The molecule has 0 unspecified atom stereocenters. The van der Waals surface area contributed by atoms with Crippen LogP contribution in [-0.2, 0) is 6.54 Å². The average molecular weight is 266 g/mol. The van der Waals surface area contributed by atoms with Crippen LogP contribution in [0.4, 0.5) is 5.69 Å². The van der Waals surface area contributed by atoms with E-state index in [1.165, 1.54) is 17.5 Å². The summed E-state index contributed by atoms with van der Waals surface area (Å²) in [4.78, 5) is 4.01. The highest BCUT2D eigenvalue weighted by Crippen LogP contribution is 2.24. The minimum atomic E-state index is 0.525. The van der Waals surface area contributed by atoms with Gasteiger partial charge >= 0.3 is 0 Å². The second-order valence-electron chi connectivity index (χ2n) is 4.48. The highest BCUT2D eigenvalue weighted by atomic mass is 16.4. The number of nitrogens with one attached hydrogen (secondary N) is 1. The summed E-state index contributed by atoms with van der Waals surface area (Å²) in [5, 5.41) is 11.0. The third-order valence-electron chi connectivity index (χ3n) is 3.08. The van der Waals surface area contributed by atoms with Crippen LogP contribution < -0.4 is 5.32 Å². The Morgan fingerprint density at radius 1 is 1.15 bits per heavy atom. The number of nitrogens with zero attached hydrogens (tertiary/aromatic N) is 3. The third kappa shape index (κ3) is 2.66. The smallest absolute Gasteiger partial charge is 0.247 e. The lowest BCUT2D eigenvalue weighted by Crippen LogP contribution is -2.01. The fraction of sp³-hybridized carbons (Fsp3) is 0.133. The summed E-state index contributed by atoms with van der Waals surface area (Å²) in [5.74, 6) is 0.525. The van der Waals surface area contributed by atoms with E-state index in [0.717, 1.165) is 17.8 Å². The van der Waals surface area contributed by atoms with Crippen LogP contribution in [0.3, 0.4) is 0 Å². The Kier molecular flexibility index (Phi) is 3.41. The molecule has 20 heavy (non-hydrogen) atoms. The van der Waals surface area contributed by atoms with Crippen LogP contribution in [0.15, 0.2) is 53.5 Å². The first kappa shape index (κ1) is 12.3. The Bertz CT molecular complexity index is 680. The first-order valence-corrected chi connectivity index (χ1v) is 6.33. The van der Waals surface area contributed by atoms with Crippen molar-refractivity contribution >= 4 is 5.69 Å². The molecule has 5 heteroatoms. The zero-order valence-electron chi connectivity index (χ0n) is 11.1. The lowest BCUT2D eigenvalue weighted by Gasteiger charge is -2.10. The summed E-state index contributed by atoms with van der Waals surface area (Å²) in [7, 11) is 0. The number of aryl methyl sites for hydroxylation is 1. The zero-order chi connectivity index (χ0) is 13.8. The Balaban J connectivity index is 1.80. The molecule has 5 nitrogen and oxygen atoms in total. The fourth-order valence-corrected chi connectivity index (χ4v) is 1.94. The molecular formula is C15H14N4O. The van der Waals surface area contributed by atoms with Gasteiger partial charge in [0, 0.05) is 30.2 Å². The number of anilines is 1. The van der Waals surface area contributed by atoms with Crippen molar-refractivity contribution in [3.8, 4) is 11.5 Å². The van der Waals surface area contributed by atoms with Gasteiger partial charge in [-0.25, -0.2) is 0 Å². The molecule has 3 rings (SSSR count). The molecule has 0 aliphatic heterocycles. The molecule has 0 spiro atoms. The standard InChI is InChI=1S/C15H14N4O/c1-11-2-3-13(15-19-18-10-20-15)8-14(11)17-9-12-4-6-16-7-5-12/h2-8,10,17H,9H2,1H3. The van der Waals surface area contributed by atoms with Crippen molar-refractivity contribution in [1.29, 1.82) is 0 Å². The van der Waals surface area contributed by atoms with Gasteiger partial charge in [-0.15, -0.1) is 10.2 Å². The van der Waals surface area contributed by atoms with Gasteiger partial charge < -0.3 is 9.73 Å². The maximum absolute atomic E-state index is 5.22. The topological polar surface area (TPSA) is 63.8 Å². The van der Waals surface area contributed by atoms with Gasteiger partial charge in [-0.1, -0.05) is 6.07 Å². The lowest BCUT2D eigenvalue weighted by molar-refractivity contribution is 0.568. The number of hydrogen-bond donors (Lipinski definition) is 1. The van der Waals surface area contributed by atoms with E-state index < -0.39 is 0 Å². The van der Waals surface area contributed by atoms with Gasteiger partial charge in [0.1, 0.15) is 0 Å². The monoisotopic (exact) mass is 266 g/mol. The second-order valence-corrected chi connectivity index (χ2v) is 4.48. The van der Waals surface area contributed by atoms with Crippen molar-refractivity contribution in [2.24, 2.45) is 0 Å². The largest absolute Gasteiger partial charge is 0.423 e. The highest BCUT2D eigenvalue weighted by molar-refractivity contribution is 5.64. The van der Waals surface area contributed by atoms with E-state index in [0.29, 0.717) is 5.89 Å². The highest BCUT2D eigenvalue weighted by Gasteiger charge is 2.06.